The average Bonchev–Trinajstić information content (AvgIpc) is 2.68. The molecule has 19 heavy (non-hydrogen) atoms. The maximum atomic E-state index is 12.9. The van der Waals surface area contributed by atoms with Gasteiger partial charge in [-0.2, -0.15) is 13.2 Å². The molecule has 1 aromatic carbocycles. The predicted octanol–water partition coefficient (Wildman–Crippen LogP) is 3.99. The number of methoxy groups -OCH3 is 1. The van der Waals surface area contributed by atoms with E-state index in [0.717, 1.165) is 6.07 Å². The smallest absolute Gasteiger partial charge is 0.419 e. The molecule has 0 unspecified atom stereocenters. The van der Waals surface area contributed by atoms with Gasteiger partial charge in [-0.25, -0.2) is 4.98 Å². The molecule has 1 heterocycles. The lowest BCUT2D eigenvalue weighted by atomic mass is 10.1. The van der Waals surface area contributed by atoms with Gasteiger partial charge in [0.1, 0.15) is 11.5 Å². The molecule has 2 aromatic rings. The number of halogens is 3. The van der Waals surface area contributed by atoms with E-state index in [1.165, 1.54) is 19.2 Å². The summed E-state index contributed by atoms with van der Waals surface area (Å²) in [5.41, 5.74) is 0.0738. The number of benzene rings is 1. The third kappa shape index (κ3) is 2.57. The lowest BCUT2D eigenvalue weighted by Gasteiger charge is -2.12. The van der Waals surface area contributed by atoms with Gasteiger partial charge in [0.05, 0.1) is 18.4 Å². The highest BCUT2D eigenvalue weighted by Crippen LogP contribution is 2.38. The highest BCUT2D eigenvalue weighted by atomic mass is 19.4. The van der Waals surface area contributed by atoms with Crippen LogP contribution in [0.25, 0.3) is 11.5 Å². The van der Waals surface area contributed by atoms with Crippen LogP contribution in [-0.4, -0.2) is 12.1 Å². The fourth-order valence-electron chi connectivity index (χ4n) is 1.66. The monoisotopic (exact) mass is 271 g/mol. The number of alkyl halides is 3. The molecule has 0 aliphatic carbocycles. The maximum absolute atomic E-state index is 12.9. The van der Waals surface area contributed by atoms with Crippen molar-refractivity contribution in [1.82, 2.24) is 4.98 Å². The SMILES string of the molecule is COc1ccc(-c2nc(C)c(C)o2)cc1C(F)(F)F. The molecule has 0 atom stereocenters. The molecular formula is C13H12F3NO2. The minimum Gasteiger partial charge on any atom is -0.496 e. The third-order valence-electron chi connectivity index (χ3n) is 2.78. The van der Waals surface area contributed by atoms with E-state index in [1.807, 2.05) is 0 Å². The van der Waals surface area contributed by atoms with Crippen molar-refractivity contribution in [3.8, 4) is 17.2 Å². The topological polar surface area (TPSA) is 35.3 Å². The molecule has 0 fully saturated rings. The molecule has 0 aliphatic rings. The summed E-state index contributed by atoms with van der Waals surface area (Å²) >= 11 is 0. The van der Waals surface area contributed by atoms with Crippen molar-refractivity contribution in [2.75, 3.05) is 7.11 Å². The summed E-state index contributed by atoms with van der Waals surface area (Å²) in [6.07, 6.45) is -4.49. The van der Waals surface area contributed by atoms with Crippen molar-refractivity contribution < 1.29 is 22.3 Å². The molecule has 1 aromatic heterocycles. The van der Waals surface area contributed by atoms with Crippen LogP contribution in [0, 0.1) is 13.8 Å². The second-order valence-corrected chi connectivity index (χ2v) is 4.07. The molecule has 0 radical (unpaired) electrons. The zero-order chi connectivity index (χ0) is 14.2. The predicted molar refractivity (Wildman–Crippen MR) is 63.0 cm³/mol. The zero-order valence-electron chi connectivity index (χ0n) is 10.6. The van der Waals surface area contributed by atoms with Crippen LogP contribution in [0.5, 0.6) is 5.75 Å². The van der Waals surface area contributed by atoms with Gasteiger partial charge in [0.25, 0.3) is 0 Å². The zero-order valence-corrected chi connectivity index (χ0v) is 10.6. The Morgan fingerprint density at radius 1 is 1.21 bits per heavy atom. The molecular weight excluding hydrogens is 259 g/mol. The molecule has 0 aliphatic heterocycles. The second kappa shape index (κ2) is 4.60. The normalized spacial score (nSPS) is 11.7. The number of nitrogens with zero attached hydrogens (tertiary/aromatic N) is 1. The van der Waals surface area contributed by atoms with E-state index in [9.17, 15) is 13.2 Å². The molecule has 0 spiro atoms. The summed E-state index contributed by atoms with van der Waals surface area (Å²) in [5.74, 6) is 0.527. The number of oxazole rings is 1. The van der Waals surface area contributed by atoms with Crippen LogP contribution < -0.4 is 4.74 Å². The Bertz CT molecular complexity index is 583. The lowest BCUT2D eigenvalue weighted by Crippen LogP contribution is -2.07. The van der Waals surface area contributed by atoms with E-state index in [2.05, 4.69) is 4.98 Å². The van der Waals surface area contributed by atoms with Crippen LogP contribution >= 0.6 is 0 Å². The van der Waals surface area contributed by atoms with E-state index < -0.39 is 11.7 Å². The van der Waals surface area contributed by atoms with Crippen LogP contribution in [0.15, 0.2) is 22.6 Å². The van der Waals surface area contributed by atoms with Gasteiger partial charge in [-0.1, -0.05) is 0 Å². The lowest BCUT2D eigenvalue weighted by molar-refractivity contribution is -0.138. The molecule has 2 rings (SSSR count). The summed E-state index contributed by atoms with van der Waals surface area (Å²) < 4.78 is 48.7. The molecule has 0 saturated heterocycles. The first-order valence-corrected chi connectivity index (χ1v) is 5.52. The van der Waals surface area contributed by atoms with Gasteiger partial charge in [0.2, 0.25) is 5.89 Å². The van der Waals surface area contributed by atoms with Crippen molar-refractivity contribution in [2.24, 2.45) is 0 Å². The van der Waals surface area contributed by atoms with Gasteiger partial charge in [0, 0.05) is 5.56 Å². The minimum atomic E-state index is -4.49. The molecule has 0 bridgehead atoms. The van der Waals surface area contributed by atoms with Crippen LogP contribution in [0.2, 0.25) is 0 Å². The number of aromatic nitrogens is 1. The van der Waals surface area contributed by atoms with E-state index in [4.69, 9.17) is 9.15 Å². The Morgan fingerprint density at radius 3 is 2.37 bits per heavy atom. The third-order valence-corrected chi connectivity index (χ3v) is 2.78. The van der Waals surface area contributed by atoms with Gasteiger partial charge in [-0.3, -0.25) is 0 Å². The van der Waals surface area contributed by atoms with Crippen molar-refractivity contribution in [3.63, 3.8) is 0 Å². The van der Waals surface area contributed by atoms with Crippen molar-refractivity contribution in [3.05, 3.63) is 35.2 Å². The number of rotatable bonds is 2. The molecule has 0 amide bonds. The van der Waals surface area contributed by atoms with Crippen LogP contribution in [0.3, 0.4) is 0 Å². The van der Waals surface area contributed by atoms with Gasteiger partial charge >= 0.3 is 6.18 Å². The van der Waals surface area contributed by atoms with Gasteiger partial charge < -0.3 is 9.15 Å². The maximum Gasteiger partial charge on any atom is 0.419 e. The Balaban J connectivity index is 2.55. The Kier molecular flexibility index (Phi) is 3.26. The first-order valence-electron chi connectivity index (χ1n) is 5.52. The van der Waals surface area contributed by atoms with E-state index in [1.54, 1.807) is 13.8 Å². The Morgan fingerprint density at radius 2 is 1.89 bits per heavy atom. The summed E-state index contributed by atoms with van der Waals surface area (Å²) in [5, 5.41) is 0. The largest absolute Gasteiger partial charge is 0.496 e. The summed E-state index contributed by atoms with van der Waals surface area (Å²) in [6.45, 7) is 3.44. The highest BCUT2D eigenvalue weighted by molar-refractivity contribution is 5.58. The summed E-state index contributed by atoms with van der Waals surface area (Å²) in [4.78, 5) is 4.08. The second-order valence-electron chi connectivity index (χ2n) is 4.07. The van der Waals surface area contributed by atoms with Crippen LogP contribution in [0.1, 0.15) is 17.0 Å². The first kappa shape index (κ1) is 13.5. The standard InChI is InChI=1S/C13H12F3NO2/c1-7-8(2)19-12(17-7)9-4-5-11(18-3)10(6-9)13(14,15)16/h4-6H,1-3H3. The number of hydrogen-bond acceptors (Lipinski definition) is 3. The molecule has 3 nitrogen and oxygen atoms in total. The molecule has 0 N–H and O–H groups in total. The highest BCUT2D eigenvalue weighted by Gasteiger charge is 2.35. The Hall–Kier alpha value is -1.98. The fraction of sp³-hybridized carbons (Fsp3) is 0.308. The summed E-state index contributed by atoms with van der Waals surface area (Å²) in [7, 11) is 1.20. The summed E-state index contributed by atoms with van der Waals surface area (Å²) in [6, 6.07) is 3.72. The van der Waals surface area contributed by atoms with Gasteiger partial charge in [-0.15, -0.1) is 0 Å². The number of aryl methyl sites for hydroxylation is 2. The quantitative estimate of drug-likeness (QED) is 0.828. The van der Waals surface area contributed by atoms with Crippen LogP contribution in [-0.2, 0) is 6.18 Å². The number of hydrogen-bond donors (Lipinski definition) is 0. The fourth-order valence-corrected chi connectivity index (χ4v) is 1.66. The van der Waals surface area contributed by atoms with Crippen molar-refractivity contribution in [2.45, 2.75) is 20.0 Å². The van der Waals surface area contributed by atoms with Crippen molar-refractivity contribution in [1.29, 1.82) is 0 Å². The number of ether oxygens (including phenoxy) is 1. The van der Waals surface area contributed by atoms with Gasteiger partial charge in [-0.05, 0) is 32.0 Å². The van der Waals surface area contributed by atoms with E-state index in [-0.39, 0.29) is 17.2 Å². The van der Waals surface area contributed by atoms with E-state index >= 15 is 0 Å². The Labute approximate surface area is 108 Å². The average molecular weight is 271 g/mol. The minimum absolute atomic E-state index is 0.170. The van der Waals surface area contributed by atoms with E-state index in [0.29, 0.717) is 11.5 Å². The van der Waals surface area contributed by atoms with Crippen molar-refractivity contribution >= 4 is 0 Å². The molecule has 102 valence electrons. The molecule has 0 saturated carbocycles. The van der Waals surface area contributed by atoms with Crippen LogP contribution in [0.4, 0.5) is 13.2 Å². The van der Waals surface area contributed by atoms with Gasteiger partial charge in [0.15, 0.2) is 0 Å². The first-order chi connectivity index (χ1) is 8.82. The molecule has 6 heteroatoms.